The zero-order valence-corrected chi connectivity index (χ0v) is 12.3. The Bertz CT molecular complexity index is 1000. The average molecular weight is 311 g/mol. The first-order valence-corrected chi connectivity index (χ1v) is 7.00. The quantitative estimate of drug-likeness (QED) is 0.735. The Kier molecular flexibility index (Phi) is 3.76. The number of nitrogens with zero attached hydrogens (tertiary/aromatic N) is 2. The first-order chi connectivity index (χ1) is 11.1. The number of para-hydroxylation sites is 1. The second-order valence-electron chi connectivity index (χ2n) is 4.72. The summed E-state index contributed by atoms with van der Waals surface area (Å²) in [6.07, 6.45) is 0. The van der Waals surface area contributed by atoms with E-state index in [1.54, 1.807) is 31.2 Å². The molecule has 1 aromatic carbocycles. The minimum atomic E-state index is -0.623. The van der Waals surface area contributed by atoms with Crippen molar-refractivity contribution < 1.29 is 9.53 Å². The van der Waals surface area contributed by atoms with Gasteiger partial charge in [-0.15, -0.1) is 0 Å². The number of benzene rings is 1. The van der Waals surface area contributed by atoms with Crippen molar-refractivity contribution in [1.29, 1.82) is 0 Å². The van der Waals surface area contributed by atoms with Gasteiger partial charge in [-0.3, -0.25) is 4.79 Å². The molecule has 3 rings (SSSR count). The number of aromatic amines is 1. The molecule has 0 unspecified atom stereocenters. The van der Waals surface area contributed by atoms with Gasteiger partial charge in [0.15, 0.2) is 5.69 Å². The van der Waals surface area contributed by atoms with Gasteiger partial charge in [-0.05, 0) is 31.2 Å². The molecule has 0 fully saturated rings. The van der Waals surface area contributed by atoms with E-state index < -0.39 is 17.2 Å². The molecule has 0 radical (unpaired) electrons. The van der Waals surface area contributed by atoms with Gasteiger partial charge in [0.2, 0.25) is 0 Å². The van der Waals surface area contributed by atoms with E-state index in [0.29, 0.717) is 10.9 Å². The number of carbonyl (C=O) groups excluding carboxylic acids is 1. The molecule has 0 aliphatic heterocycles. The van der Waals surface area contributed by atoms with Crippen molar-refractivity contribution >= 4 is 16.9 Å². The Balaban J connectivity index is 2.22. The van der Waals surface area contributed by atoms with Gasteiger partial charge in [0, 0.05) is 0 Å². The van der Waals surface area contributed by atoms with Crippen LogP contribution in [0, 0.1) is 0 Å². The SMILES string of the molecule is CCOC(=O)c1cccc(-n2c(=O)[nH]c3ccccc3c2=O)n1. The number of esters is 1. The summed E-state index contributed by atoms with van der Waals surface area (Å²) in [5.41, 5.74) is -0.649. The molecular formula is C16H13N3O4. The van der Waals surface area contributed by atoms with Crippen LogP contribution >= 0.6 is 0 Å². The van der Waals surface area contributed by atoms with Crippen molar-refractivity contribution in [3.05, 3.63) is 69.0 Å². The van der Waals surface area contributed by atoms with Crippen LogP contribution in [-0.2, 0) is 4.74 Å². The van der Waals surface area contributed by atoms with Crippen molar-refractivity contribution in [2.75, 3.05) is 6.61 Å². The number of H-pyrrole nitrogens is 1. The van der Waals surface area contributed by atoms with Gasteiger partial charge in [0.1, 0.15) is 5.82 Å². The van der Waals surface area contributed by atoms with E-state index in [0.717, 1.165) is 4.57 Å². The zero-order chi connectivity index (χ0) is 16.4. The molecular weight excluding hydrogens is 298 g/mol. The number of hydrogen-bond donors (Lipinski definition) is 1. The maximum Gasteiger partial charge on any atom is 0.356 e. The first-order valence-electron chi connectivity index (χ1n) is 7.00. The normalized spacial score (nSPS) is 10.7. The van der Waals surface area contributed by atoms with Gasteiger partial charge in [-0.1, -0.05) is 18.2 Å². The summed E-state index contributed by atoms with van der Waals surface area (Å²) in [7, 11) is 0. The molecule has 7 nitrogen and oxygen atoms in total. The molecule has 3 aromatic rings. The summed E-state index contributed by atoms with van der Waals surface area (Å²) in [6.45, 7) is 1.89. The molecule has 23 heavy (non-hydrogen) atoms. The molecule has 0 saturated heterocycles. The van der Waals surface area contributed by atoms with Crippen LogP contribution in [0.5, 0.6) is 0 Å². The van der Waals surface area contributed by atoms with E-state index in [9.17, 15) is 14.4 Å². The first kappa shape index (κ1) is 14.7. The monoisotopic (exact) mass is 311 g/mol. The third kappa shape index (κ3) is 2.64. The zero-order valence-electron chi connectivity index (χ0n) is 12.3. The lowest BCUT2D eigenvalue weighted by molar-refractivity contribution is 0.0519. The van der Waals surface area contributed by atoms with Crippen molar-refractivity contribution in [1.82, 2.24) is 14.5 Å². The van der Waals surface area contributed by atoms with Gasteiger partial charge in [0.25, 0.3) is 5.56 Å². The molecule has 2 aromatic heterocycles. The summed E-state index contributed by atoms with van der Waals surface area (Å²) < 4.78 is 5.77. The van der Waals surface area contributed by atoms with Crippen LogP contribution in [0.15, 0.2) is 52.1 Å². The van der Waals surface area contributed by atoms with Crippen LogP contribution in [0.3, 0.4) is 0 Å². The number of aromatic nitrogens is 3. The summed E-state index contributed by atoms with van der Waals surface area (Å²) in [5, 5.41) is 0.357. The number of fused-ring (bicyclic) bond motifs is 1. The third-order valence-corrected chi connectivity index (χ3v) is 3.25. The smallest absolute Gasteiger partial charge is 0.356 e. The van der Waals surface area contributed by atoms with Crippen LogP contribution in [0.1, 0.15) is 17.4 Å². The van der Waals surface area contributed by atoms with E-state index in [-0.39, 0.29) is 18.1 Å². The fraction of sp³-hybridized carbons (Fsp3) is 0.125. The van der Waals surface area contributed by atoms with Crippen molar-refractivity contribution in [3.8, 4) is 5.82 Å². The summed E-state index contributed by atoms with van der Waals surface area (Å²) >= 11 is 0. The average Bonchev–Trinajstić information content (AvgIpc) is 2.55. The molecule has 0 atom stereocenters. The summed E-state index contributed by atoms with van der Waals surface area (Å²) in [4.78, 5) is 43.2. The molecule has 116 valence electrons. The van der Waals surface area contributed by atoms with Gasteiger partial charge in [-0.2, -0.15) is 0 Å². The van der Waals surface area contributed by atoms with Crippen molar-refractivity contribution in [2.24, 2.45) is 0 Å². The number of hydrogen-bond acceptors (Lipinski definition) is 5. The molecule has 2 heterocycles. The molecule has 0 bridgehead atoms. The summed E-state index contributed by atoms with van der Waals surface area (Å²) in [5.74, 6) is -0.549. The van der Waals surface area contributed by atoms with E-state index in [1.165, 1.54) is 18.2 Å². The lowest BCUT2D eigenvalue weighted by Gasteiger charge is -2.07. The molecule has 1 N–H and O–H groups in total. The lowest BCUT2D eigenvalue weighted by atomic mass is 10.2. The van der Waals surface area contributed by atoms with Gasteiger partial charge in [0.05, 0.1) is 17.5 Å². The second kappa shape index (κ2) is 5.88. The number of rotatable bonds is 3. The largest absolute Gasteiger partial charge is 0.461 e. The highest BCUT2D eigenvalue weighted by Crippen LogP contribution is 2.07. The number of ether oxygens (including phenoxy) is 1. The molecule has 0 spiro atoms. The third-order valence-electron chi connectivity index (χ3n) is 3.25. The van der Waals surface area contributed by atoms with Crippen LogP contribution < -0.4 is 11.2 Å². The molecule has 0 amide bonds. The van der Waals surface area contributed by atoms with Crippen LogP contribution in [0.2, 0.25) is 0 Å². The standard InChI is InChI=1S/C16H13N3O4/c1-2-23-15(21)12-8-5-9-13(17-12)19-14(20)10-6-3-4-7-11(10)18-16(19)22/h3-9H,2H2,1H3,(H,18,22). The predicted octanol–water partition coefficient (Wildman–Crippen LogP) is 1.25. The maximum atomic E-state index is 12.5. The van der Waals surface area contributed by atoms with E-state index in [2.05, 4.69) is 9.97 Å². The Labute approximate surface area is 130 Å². The highest BCUT2D eigenvalue weighted by Gasteiger charge is 2.13. The Morgan fingerprint density at radius 1 is 1.17 bits per heavy atom. The summed E-state index contributed by atoms with van der Waals surface area (Å²) in [6, 6.07) is 11.2. The Morgan fingerprint density at radius 3 is 2.74 bits per heavy atom. The minimum Gasteiger partial charge on any atom is -0.461 e. The molecule has 0 aliphatic carbocycles. The number of nitrogens with one attached hydrogen (secondary N) is 1. The van der Waals surface area contributed by atoms with E-state index in [1.807, 2.05) is 0 Å². The fourth-order valence-corrected chi connectivity index (χ4v) is 2.24. The molecule has 0 aliphatic rings. The van der Waals surface area contributed by atoms with Crippen molar-refractivity contribution in [3.63, 3.8) is 0 Å². The maximum absolute atomic E-state index is 12.5. The lowest BCUT2D eigenvalue weighted by Crippen LogP contribution is -2.34. The predicted molar refractivity (Wildman–Crippen MR) is 83.9 cm³/mol. The van der Waals surface area contributed by atoms with Crippen LogP contribution in [0.4, 0.5) is 0 Å². The topological polar surface area (TPSA) is 94.0 Å². The van der Waals surface area contributed by atoms with Gasteiger partial charge in [-0.25, -0.2) is 19.1 Å². The second-order valence-corrected chi connectivity index (χ2v) is 4.72. The van der Waals surface area contributed by atoms with Crippen LogP contribution in [-0.4, -0.2) is 27.1 Å². The van der Waals surface area contributed by atoms with Crippen molar-refractivity contribution in [2.45, 2.75) is 6.92 Å². The number of pyridine rings is 1. The van der Waals surface area contributed by atoms with Gasteiger partial charge < -0.3 is 9.72 Å². The Hall–Kier alpha value is -3.22. The molecule has 0 saturated carbocycles. The minimum absolute atomic E-state index is 0.0313. The molecule has 7 heteroatoms. The number of carbonyl (C=O) groups is 1. The highest BCUT2D eigenvalue weighted by molar-refractivity contribution is 5.87. The van der Waals surface area contributed by atoms with Crippen LogP contribution in [0.25, 0.3) is 16.7 Å². The highest BCUT2D eigenvalue weighted by atomic mass is 16.5. The van der Waals surface area contributed by atoms with Gasteiger partial charge >= 0.3 is 11.7 Å². The fourth-order valence-electron chi connectivity index (χ4n) is 2.24. The van der Waals surface area contributed by atoms with E-state index in [4.69, 9.17) is 4.74 Å². The van der Waals surface area contributed by atoms with E-state index >= 15 is 0 Å². The Morgan fingerprint density at radius 2 is 1.96 bits per heavy atom.